The highest BCUT2D eigenvalue weighted by Crippen LogP contribution is 2.48. The number of hydrogen-bond acceptors (Lipinski definition) is 3. The highest BCUT2D eigenvalue weighted by atomic mass is 15.3. The van der Waals surface area contributed by atoms with E-state index in [4.69, 9.17) is 0 Å². The second kappa shape index (κ2) is 4.23. The highest BCUT2D eigenvalue weighted by Gasteiger charge is 2.41. The molecule has 3 rings (SSSR count). The van der Waals surface area contributed by atoms with E-state index in [1.54, 1.807) is 0 Å². The fourth-order valence-corrected chi connectivity index (χ4v) is 4.14. The molecular weight excluding hydrogens is 236 g/mol. The van der Waals surface area contributed by atoms with E-state index in [9.17, 15) is 0 Å². The molecule has 0 atom stereocenters. The van der Waals surface area contributed by atoms with Gasteiger partial charge in [-0.05, 0) is 23.7 Å². The lowest BCUT2D eigenvalue weighted by Crippen LogP contribution is -2.45. The van der Waals surface area contributed by atoms with Crippen LogP contribution in [0.4, 0.5) is 5.82 Å². The molecule has 1 aromatic heterocycles. The second-order valence-electron chi connectivity index (χ2n) is 7.54. The molecule has 2 aliphatic rings. The van der Waals surface area contributed by atoms with Crippen molar-refractivity contribution in [2.75, 3.05) is 31.1 Å². The van der Waals surface area contributed by atoms with Gasteiger partial charge in [0.15, 0.2) is 5.82 Å². The third kappa shape index (κ3) is 2.27. The van der Waals surface area contributed by atoms with Gasteiger partial charge in [-0.3, -0.25) is 5.10 Å². The lowest BCUT2D eigenvalue weighted by atomic mass is 9.64. The maximum Gasteiger partial charge on any atom is 0.154 e. The molecule has 4 nitrogen and oxygen atoms in total. The molecule has 2 heterocycles. The smallest absolute Gasteiger partial charge is 0.154 e. The van der Waals surface area contributed by atoms with Crippen LogP contribution in [0, 0.1) is 5.41 Å². The minimum atomic E-state index is 0.213. The lowest BCUT2D eigenvalue weighted by molar-refractivity contribution is 0.229. The van der Waals surface area contributed by atoms with Gasteiger partial charge in [-0.15, -0.1) is 0 Å². The average molecular weight is 262 g/mol. The van der Waals surface area contributed by atoms with Crippen LogP contribution in [-0.4, -0.2) is 36.4 Å². The van der Waals surface area contributed by atoms with E-state index >= 15 is 0 Å². The Morgan fingerprint density at radius 2 is 1.79 bits per heavy atom. The summed E-state index contributed by atoms with van der Waals surface area (Å²) in [5, 5.41) is 11.4. The van der Waals surface area contributed by atoms with Crippen molar-refractivity contribution in [2.24, 2.45) is 5.41 Å². The number of H-pyrrole nitrogens is 1. The molecule has 1 fully saturated rings. The summed E-state index contributed by atoms with van der Waals surface area (Å²) in [5.41, 5.74) is 3.40. The number of rotatable bonds is 1. The normalized spacial score (nSPS) is 25.2. The van der Waals surface area contributed by atoms with Gasteiger partial charge in [0.05, 0.1) is 0 Å². The molecule has 4 heteroatoms. The van der Waals surface area contributed by atoms with Crippen molar-refractivity contribution in [2.45, 2.75) is 46.0 Å². The molecule has 1 aliphatic carbocycles. The van der Waals surface area contributed by atoms with Crippen molar-refractivity contribution in [3.05, 3.63) is 11.3 Å². The van der Waals surface area contributed by atoms with Crippen LogP contribution in [0.5, 0.6) is 0 Å². The second-order valence-corrected chi connectivity index (χ2v) is 7.54. The zero-order valence-corrected chi connectivity index (χ0v) is 12.6. The molecule has 2 N–H and O–H groups in total. The predicted octanol–water partition coefficient (Wildman–Crippen LogP) is 2.07. The summed E-state index contributed by atoms with van der Waals surface area (Å²) in [4.78, 5) is 2.44. The standard InChI is InChI=1S/C15H26N4/c1-14(2)9-11-12(15(3,4)10-14)13(18-17-11)19-7-5-16-6-8-19/h16H,5-10H2,1-4H3,(H,17,18). The fraction of sp³-hybridized carbons (Fsp3) is 0.800. The quantitative estimate of drug-likeness (QED) is 0.814. The van der Waals surface area contributed by atoms with Crippen LogP contribution in [-0.2, 0) is 11.8 Å². The molecular formula is C15H26N4. The summed E-state index contributed by atoms with van der Waals surface area (Å²) in [5.74, 6) is 1.21. The van der Waals surface area contributed by atoms with Crippen molar-refractivity contribution in [1.82, 2.24) is 15.5 Å². The first-order valence-electron chi connectivity index (χ1n) is 7.42. The van der Waals surface area contributed by atoms with Crippen molar-refractivity contribution < 1.29 is 0 Å². The van der Waals surface area contributed by atoms with E-state index in [1.807, 2.05) is 0 Å². The number of nitrogens with one attached hydrogen (secondary N) is 2. The minimum Gasteiger partial charge on any atom is -0.352 e. The Morgan fingerprint density at radius 1 is 1.11 bits per heavy atom. The Balaban J connectivity index is 2.00. The number of piperazine rings is 1. The highest BCUT2D eigenvalue weighted by molar-refractivity contribution is 5.54. The van der Waals surface area contributed by atoms with Crippen molar-refractivity contribution in [1.29, 1.82) is 0 Å². The summed E-state index contributed by atoms with van der Waals surface area (Å²) in [6.45, 7) is 13.7. The Hall–Kier alpha value is -1.03. The number of aromatic nitrogens is 2. The van der Waals surface area contributed by atoms with Gasteiger partial charge < -0.3 is 10.2 Å². The van der Waals surface area contributed by atoms with Crippen LogP contribution >= 0.6 is 0 Å². The number of fused-ring (bicyclic) bond motifs is 1. The maximum absolute atomic E-state index is 4.66. The summed E-state index contributed by atoms with van der Waals surface area (Å²) in [6, 6.07) is 0. The SMILES string of the molecule is CC1(C)Cc2[nH]nc(N3CCNCC3)c2C(C)(C)C1. The fourth-order valence-electron chi connectivity index (χ4n) is 4.14. The van der Waals surface area contributed by atoms with Crippen molar-refractivity contribution in [3.63, 3.8) is 0 Å². The molecule has 0 amide bonds. The Bertz CT molecular complexity index is 466. The zero-order valence-electron chi connectivity index (χ0n) is 12.6. The molecule has 106 valence electrons. The summed E-state index contributed by atoms with van der Waals surface area (Å²) < 4.78 is 0. The topological polar surface area (TPSA) is 44.0 Å². The summed E-state index contributed by atoms with van der Waals surface area (Å²) >= 11 is 0. The van der Waals surface area contributed by atoms with Crippen LogP contribution in [0.3, 0.4) is 0 Å². The number of hydrogen-bond donors (Lipinski definition) is 2. The van der Waals surface area contributed by atoms with Crippen LogP contribution in [0.25, 0.3) is 0 Å². The van der Waals surface area contributed by atoms with Gasteiger partial charge in [-0.25, -0.2) is 0 Å². The number of anilines is 1. The van der Waals surface area contributed by atoms with Gasteiger partial charge in [-0.1, -0.05) is 27.7 Å². The van der Waals surface area contributed by atoms with Gasteiger partial charge in [0, 0.05) is 37.4 Å². The average Bonchev–Trinajstić information content (AvgIpc) is 2.72. The Labute approximate surface area is 116 Å². The molecule has 1 aliphatic heterocycles. The molecule has 0 radical (unpaired) electrons. The first-order valence-corrected chi connectivity index (χ1v) is 7.42. The van der Waals surface area contributed by atoms with Crippen LogP contribution in [0.2, 0.25) is 0 Å². The van der Waals surface area contributed by atoms with Gasteiger partial charge in [0.1, 0.15) is 0 Å². The van der Waals surface area contributed by atoms with Crippen molar-refractivity contribution in [3.8, 4) is 0 Å². The summed E-state index contributed by atoms with van der Waals surface area (Å²) in [7, 11) is 0. The van der Waals surface area contributed by atoms with Gasteiger partial charge in [0.25, 0.3) is 0 Å². The number of nitrogens with zero attached hydrogens (tertiary/aromatic N) is 2. The zero-order chi connectivity index (χ0) is 13.7. The van der Waals surface area contributed by atoms with E-state index in [-0.39, 0.29) is 5.41 Å². The third-order valence-corrected chi connectivity index (χ3v) is 4.49. The molecule has 0 saturated carbocycles. The Morgan fingerprint density at radius 3 is 2.47 bits per heavy atom. The van der Waals surface area contributed by atoms with Gasteiger partial charge in [0.2, 0.25) is 0 Å². The Kier molecular flexibility index (Phi) is 2.89. The van der Waals surface area contributed by atoms with Crippen molar-refractivity contribution >= 4 is 5.82 Å². The van der Waals surface area contributed by atoms with Gasteiger partial charge >= 0.3 is 0 Å². The molecule has 0 spiro atoms. The van der Waals surface area contributed by atoms with E-state index in [2.05, 4.69) is 48.1 Å². The van der Waals surface area contributed by atoms with E-state index in [1.165, 1.54) is 23.5 Å². The van der Waals surface area contributed by atoms with Crippen LogP contribution < -0.4 is 10.2 Å². The number of aromatic amines is 1. The third-order valence-electron chi connectivity index (χ3n) is 4.49. The molecule has 1 saturated heterocycles. The molecule has 0 aromatic carbocycles. The van der Waals surface area contributed by atoms with E-state index in [0.717, 1.165) is 32.6 Å². The van der Waals surface area contributed by atoms with E-state index < -0.39 is 0 Å². The first-order chi connectivity index (χ1) is 8.89. The molecule has 0 bridgehead atoms. The predicted molar refractivity (Wildman–Crippen MR) is 78.8 cm³/mol. The first kappa shape index (κ1) is 13.0. The summed E-state index contributed by atoms with van der Waals surface area (Å²) in [6.07, 6.45) is 2.34. The maximum atomic E-state index is 4.66. The monoisotopic (exact) mass is 262 g/mol. The van der Waals surface area contributed by atoms with Crippen LogP contribution in [0.1, 0.15) is 45.4 Å². The van der Waals surface area contributed by atoms with Gasteiger partial charge in [-0.2, -0.15) is 5.10 Å². The largest absolute Gasteiger partial charge is 0.352 e. The van der Waals surface area contributed by atoms with E-state index in [0.29, 0.717) is 5.41 Å². The van der Waals surface area contributed by atoms with Crippen LogP contribution in [0.15, 0.2) is 0 Å². The molecule has 1 aromatic rings. The molecule has 19 heavy (non-hydrogen) atoms. The lowest BCUT2D eigenvalue weighted by Gasteiger charge is -2.41. The minimum absolute atomic E-state index is 0.213. The molecule has 0 unspecified atom stereocenters.